The molecule has 0 atom stereocenters. The van der Waals surface area contributed by atoms with Crippen molar-refractivity contribution in [1.29, 1.82) is 0 Å². The molecule has 2 aromatic rings. The molecule has 1 aliphatic rings. The second kappa shape index (κ2) is 7.27. The van der Waals surface area contributed by atoms with Crippen molar-refractivity contribution in [3.8, 4) is 5.75 Å². The van der Waals surface area contributed by atoms with E-state index in [2.05, 4.69) is 4.98 Å². The summed E-state index contributed by atoms with van der Waals surface area (Å²) in [6.45, 7) is 0.556. The lowest BCUT2D eigenvalue weighted by Crippen LogP contribution is -2.41. The molecule has 3 rings (SSSR count). The molecule has 0 aliphatic heterocycles. The van der Waals surface area contributed by atoms with E-state index < -0.39 is 0 Å². The van der Waals surface area contributed by atoms with Crippen LogP contribution in [-0.4, -0.2) is 26.9 Å². The number of pyridine rings is 1. The Bertz CT molecular complexity index is 634. The molecule has 1 aromatic heterocycles. The van der Waals surface area contributed by atoms with E-state index in [4.69, 9.17) is 0 Å². The number of rotatable bonds is 4. The summed E-state index contributed by atoms with van der Waals surface area (Å²) in [5, 5.41) is 9.44. The SMILES string of the molecule is O=C(c1ccccn1)N(Cc1ccc(O)cc1)C1CCCCC1. The molecule has 23 heavy (non-hydrogen) atoms. The largest absolute Gasteiger partial charge is 0.508 e. The van der Waals surface area contributed by atoms with Crippen molar-refractivity contribution in [2.75, 3.05) is 0 Å². The summed E-state index contributed by atoms with van der Waals surface area (Å²) < 4.78 is 0. The Hall–Kier alpha value is -2.36. The third kappa shape index (κ3) is 3.89. The van der Waals surface area contributed by atoms with Gasteiger partial charge in [0.25, 0.3) is 5.91 Å². The summed E-state index contributed by atoms with van der Waals surface area (Å²) in [5.74, 6) is 0.236. The molecule has 1 saturated carbocycles. The monoisotopic (exact) mass is 310 g/mol. The van der Waals surface area contributed by atoms with Gasteiger partial charge in [-0.1, -0.05) is 37.5 Å². The summed E-state index contributed by atoms with van der Waals surface area (Å²) in [7, 11) is 0. The van der Waals surface area contributed by atoms with Gasteiger partial charge in [0.15, 0.2) is 0 Å². The lowest BCUT2D eigenvalue weighted by atomic mass is 9.93. The van der Waals surface area contributed by atoms with Gasteiger partial charge < -0.3 is 10.0 Å². The molecular formula is C19H22N2O2. The molecule has 0 saturated heterocycles. The van der Waals surface area contributed by atoms with Crippen LogP contribution in [0.3, 0.4) is 0 Å². The predicted molar refractivity (Wildman–Crippen MR) is 89.1 cm³/mol. The van der Waals surface area contributed by atoms with Gasteiger partial charge in [-0.2, -0.15) is 0 Å². The number of aromatic hydroxyl groups is 1. The molecule has 0 bridgehead atoms. The van der Waals surface area contributed by atoms with Crippen molar-refractivity contribution in [2.45, 2.75) is 44.7 Å². The summed E-state index contributed by atoms with van der Waals surface area (Å²) in [4.78, 5) is 19.1. The van der Waals surface area contributed by atoms with Crippen LogP contribution in [0.1, 0.15) is 48.2 Å². The van der Waals surface area contributed by atoms with E-state index in [-0.39, 0.29) is 17.7 Å². The van der Waals surface area contributed by atoms with Gasteiger partial charge in [-0.3, -0.25) is 9.78 Å². The molecule has 1 fully saturated rings. The van der Waals surface area contributed by atoms with E-state index in [9.17, 15) is 9.90 Å². The molecule has 1 aliphatic carbocycles. The fourth-order valence-electron chi connectivity index (χ4n) is 3.19. The third-order valence-corrected chi connectivity index (χ3v) is 4.45. The summed E-state index contributed by atoms with van der Waals surface area (Å²) in [5.41, 5.74) is 1.52. The number of hydrogen-bond acceptors (Lipinski definition) is 3. The molecule has 0 unspecified atom stereocenters. The second-order valence-electron chi connectivity index (χ2n) is 6.11. The van der Waals surface area contributed by atoms with Crippen LogP contribution in [-0.2, 0) is 6.54 Å². The van der Waals surface area contributed by atoms with Crippen LogP contribution in [0.5, 0.6) is 5.75 Å². The number of phenolic OH excluding ortho intramolecular Hbond substituents is 1. The molecular weight excluding hydrogens is 288 g/mol. The Morgan fingerprint density at radius 3 is 2.48 bits per heavy atom. The normalized spacial score (nSPS) is 15.3. The van der Waals surface area contributed by atoms with E-state index in [1.54, 1.807) is 24.4 Å². The summed E-state index contributed by atoms with van der Waals surface area (Å²) in [6.07, 6.45) is 7.36. The van der Waals surface area contributed by atoms with Crippen LogP contribution in [0, 0.1) is 0 Å². The summed E-state index contributed by atoms with van der Waals surface area (Å²) in [6, 6.07) is 12.8. The zero-order valence-corrected chi connectivity index (χ0v) is 13.2. The van der Waals surface area contributed by atoms with Crippen molar-refractivity contribution in [3.05, 3.63) is 59.9 Å². The minimum absolute atomic E-state index is 0.00873. The first-order chi connectivity index (χ1) is 11.2. The molecule has 1 aromatic carbocycles. The van der Waals surface area contributed by atoms with Gasteiger partial charge in [-0.25, -0.2) is 0 Å². The minimum atomic E-state index is -0.00873. The van der Waals surface area contributed by atoms with E-state index >= 15 is 0 Å². The highest BCUT2D eigenvalue weighted by atomic mass is 16.3. The topological polar surface area (TPSA) is 53.4 Å². The maximum atomic E-state index is 12.9. The van der Waals surface area contributed by atoms with E-state index in [0.29, 0.717) is 12.2 Å². The first kappa shape index (κ1) is 15.5. The lowest BCUT2D eigenvalue weighted by molar-refractivity contribution is 0.0608. The van der Waals surface area contributed by atoms with E-state index in [0.717, 1.165) is 18.4 Å². The Kier molecular flexibility index (Phi) is 4.91. The Labute approximate surface area is 136 Å². The Morgan fingerprint density at radius 1 is 1.09 bits per heavy atom. The van der Waals surface area contributed by atoms with Crippen molar-refractivity contribution >= 4 is 5.91 Å². The van der Waals surface area contributed by atoms with Crippen LogP contribution in [0.4, 0.5) is 0 Å². The zero-order valence-electron chi connectivity index (χ0n) is 13.2. The average molecular weight is 310 g/mol. The van der Waals surface area contributed by atoms with Gasteiger partial charge in [0.2, 0.25) is 0 Å². The van der Waals surface area contributed by atoms with Gasteiger partial charge in [-0.15, -0.1) is 0 Å². The fourth-order valence-corrected chi connectivity index (χ4v) is 3.19. The molecule has 4 nitrogen and oxygen atoms in total. The first-order valence-electron chi connectivity index (χ1n) is 8.24. The predicted octanol–water partition coefficient (Wildman–Crippen LogP) is 3.76. The third-order valence-electron chi connectivity index (χ3n) is 4.45. The van der Waals surface area contributed by atoms with Crippen LogP contribution in [0.15, 0.2) is 48.7 Å². The molecule has 1 amide bonds. The molecule has 4 heteroatoms. The highest BCUT2D eigenvalue weighted by Gasteiger charge is 2.27. The highest BCUT2D eigenvalue weighted by Crippen LogP contribution is 2.25. The van der Waals surface area contributed by atoms with E-state index in [1.807, 2.05) is 29.2 Å². The highest BCUT2D eigenvalue weighted by molar-refractivity contribution is 5.92. The van der Waals surface area contributed by atoms with Crippen molar-refractivity contribution in [2.24, 2.45) is 0 Å². The Morgan fingerprint density at radius 2 is 1.83 bits per heavy atom. The van der Waals surface area contributed by atoms with Crippen LogP contribution < -0.4 is 0 Å². The van der Waals surface area contributed by atoms with Crippen molar-refractivity contribution in [3.63, 3.8) is 0 Å². The quantitative estimate of drug-likeness (QED) is 0.935. The number of hydrogen-bond donors (Lipinski definition) is 1. The minimum Gasteiger partial charge on any atom is -0.508 e. The van der Waals surface area contributed by atoms with Crippen molar-refractivity contribution < 1.29 is 9.90 Å². The van der Waals surface area contributed by atoms with Gasteiger partial charge >= 0.3 is 0 Å². The maximum Gasteiger partial charge on any atom is 0.272 e. The van der Waals surface area contributed by atoms with Gasteiger partial charge in [0.05, 0.1) is 0 Å². The first-order valence-corrected chi connectivity index (χ1v) is 8.24. The number of benzene rings is 1. The average Bonchev–Trinajstić information content (AvgIpc) is 2.62. The zero-order chi connectivity index (χ0) is 16.1. The fraction of sp³-hybridized carbons (Fsp3) is 0.368. The second-order valence-corrected chi connectivity index (χ2v) is 6.11. The number of carbonyl (C=O) groups excluding carboxylic acids is 1. The lowest BCUT2D eigenvalue weighted by Gasteiger charge is -2.34. The van der Waals surface area contributed by atoms with Crippen LogP contribution >= 0.6 is 0 Å². The van der Waals surface area contributed by atoms with Gasteiger partial charge in [-0.05, 0) is 42.7 Å². The standard InChI is InChI=1S/C19H22N2O2/c22-17-11-9-15(10-12-17)14-21(16-6-2-1-3-7-16)19(23)18-8-4-5-13-20-18/h4-5,8-13,16,22H,1-3,6-7,14H2. The number of carbonyl (C=O) groups is 1. The van der Waals surface area contributed by atoms with Crippen molar-refractivity contribution in [1.82, 2.24) is 9.88 Å². The smallest absolute Gasteiger partial charge is 0.272 e. The molecule has 120 valence electrons. The molecule has 1 heterocycles. The molecule has 0 radical (unpaired) electrons. The van der Waals surface area contributed by atoms with Crippen LogP contribution in [0.2, 0.25) is 0 Å². The van der Waals surface area contributed by atoms with Gasteiger partial charge in [0, 0.05) is 18.8 Å². The van der Waals surface area contributed by atoms with Crippen LogP contribution in [0.25, 0.3) is 0 Å². The number of phenols is 1. The maximum absolute atomic E-state index is 12.9. The molecule has 0 spiro atoms. The number of nitrogens with zero attached hydrogens (tertiary/aromatic N) is 2. The number of amides is 1. The Balaban J connectivity index is 1.83. The van der Waals surface area contributed by atoms with Gasteiger partial charge in [0.1, 0.15) is 11.4 Å². The molecule has 1 N–H and O–H groups in total. The number of aromatic nitrogens is 1. The summed E-state index contributed by atoms with van der Waals surface area (Å²) >= 11 is 0. The van der Waals surface area contributed by atoms with E-state index in [1.165, 1.54) is 19.3 Å².